The molecule has 0 fully saturated rings. The number of aryl methyl sites for hydroxylation is 2. The van der Waals surface area contributed by atoms with E-state index in [0.717, 1.165) is 12.8 Å². The van der Waals surface area contributed by atoms with Gasteiger partial charge < -0.3 is 4.90 Å². The second-order valence-corrected chi connectivity index (χ2v) is 8.82. The number of nitrogens with zero attached hydrogens (tertiary/aromatic N) is 1. The maximum Gasteiger partial charge on any atom is 0.0474 e. The van der Waals surface area contributed by atoms with Crippen LogP contribution in [0.5, 0.6) is 0 Å². The van der Waals surface area contributed by atoms with E-state index in [-0.39, 0.29) is 0 Å². The lowest BCUT2D eigenvalue weighted by molar-refractivity contribution is 1.13. The summed E-state index contributed by atoms with van der Waals surface area (Å²) in [5.41, 5.74) is 11.6. The predicted molar refractivity (Wildman–Crippen MR) is 142 cm³/mol. The van der Waals surface area contributed by atoms with Crippen molar-refractivity contribution in [1.82, 2.24) is 0 Å². The van der Waals surface area contributed by atoms with Crippen LogP contribution in [0.3, 0.4) is 0 Å². The third-order valence-corrected chi connectivity index (χ3v) is 6.93. The molecule has 0 heterocycles. The number of benzene rings is 5. The van der Waals surface area contributed by atoms with E-state index in [2.05, 4.69) is 122 Å². The van der Waals surface area contributed by atoms with Crippen LogP contribution in [0.1, 0.15) is 25.0 Å². The number of hydrogen-bond donors (Lipinski definition) is 0. The van der Waals surface area contributed by atoms with Gasteiger partial charge in [-0.25, -0.2) is 0 Å². The molecule has 5 aromatic rings. The van der Waals surface area contributed by atoms with Crippen molar-refractivity contribution < 1.29 is 0 Å². The molecule has 0 saturated carbocycles. The van der Waals surface area contributed by atoms with Crippen LogP contribution in [-0.2, 0) is 12.8 Å². The average Bonchev–Trinajstić information content (AvgIpc) is 3.20. The summed E-state index contributed by atoms with van der Waals surface area (Å²) in [5, 5.41) is 2.65. The quantitative estimate of drug-likeness (QED) is 0.266. The molecular formula is C32H27N. The van der Waals surface area contributed by atoms with Crippen LogP contribution in [0, 0.1) is 0 Å². The largest absolute Gasteiger partial charge is 0.310 e. The van der Waals surface area contributed by atoms with Crippen LogP contribution in [0.2, 0.25) is 0 Å². The molecule has 6 rings (SSSR count). The van der Waals surface area contributed by atoms with Gasteiger partial charge in [0.15, 0.2) is 0 Å². The lowest BCUT2D eigenvalue weighted by Crippen LogP contribution is -2.10. The van der Waals surface area contributed by atoms with Crippen molar-refractivity contribution in [2.75, 3.05) is 4.90 Å². The zero-order valence-electron chi connectivity index (χ0n) is 19.2. The Labute approximate surface area is 195 Å². The Balaban J connectivity index is 1.59. The number of hydrogen-bond acceptors (Lipinski definition) is 1. The van der Waals surface area contributed by atoms with Crippen LogP contribution in [0.15, 0.2) is 103 Å². The van der Waals surface area contributed by atoms with Crippen molar-refractivity contribution in [2.45, 2.75) is 26.7 Å². The van der Waals surface area contributed by atoms with Crippen LogP contribution >= 0.6 is 0 Å². The highest BCUT2D eigenvalue weighted by Crippen LogP contribution is 2.49. The summed E-state index contributed by atoms with van der Waals surface area (Å²) >= 11 is 0. The van der Waals surface area contributed by atoms with Crippen molar-refractivity contribution in [3.05, 3.63) is 114 Å². The van der Waals surface area contributed by atoms with Crippen molar-refractivity contribution in [1.29, 1.82) is 0 Å². The monoisotopic (exact) mass is 425 g/mol. The highest BCUT2D eigenvalue weighted by atomic mass is 15.1. The average molecular weight is 426 g/mol. The summed E-state index contributed by atoms with van der Waals surface area (Å²) in [7, 11) is 0. The topological polar surface area (TPSA) is 3.24 Å². The van der Waals surface area contributed by atoms with Gasteiger partial charge in [-0.1, -0.05) is 80.6 Å². The van der Waals surface area contributed by atoms with E-state index in [1.54, 1.807) is 0 Å². The molecule has 0 amide bonds. The third kappa shape index (κ3) is 3.24. The molecule has 1 nitrogen and oxygen atoms in total. The van der Waals surface area contributed by atoms with Gasteiger partial charge >= 0.3 is 0 Å². The van der Waals surface area contributed by atoms with Crippen molar-refractivity contribution in [3.63, 3.8) is 0 Å². The lowest BCUT2D eigenvalue weighted by atomic mass is 10.0. The van der Waals surface area contributed by atoms with Gasteiger partial charge in [-0.2, -0.15) is 0 Å². The minimum Gasteiger partial charge on any atom is -0.310 e. The molecule has 1 heteroatoms. The van der Waals surface area contributed by atoms with E-state index in [0.29, 0.717) is 0 Å². The number of anilines is 3. The fourth-order valence-corrected chi connectivity index (χ4v) is 5.14. The highest BCUT2D eigenvalue weighted by Gasteiger charge is 2.23. The Hall–Kier alpha value is -3.84. The van der Waals surface area contributed by atoms with Crippen LogP contribution < -0.4 is 4.90 Å². The first kappa shape index (κ1) is 19.8. The number of fused-ring (bicyclic) bond motifs is 3. The highest BCUT2D eigenvalue weighted by molar-refractivity contribution is 6.16. The molecule has 0 unspecified atom stereocenters. The molecule has 0 saturated heterocycles. The van der Waals surface area contributed by atoms with Crippen molar-refractivity contribution in [3.8, 4) is 22.3 Å². The second kappa shape index (κ2) is 7.94. The van der Waals surface area contributed by atoms with E-state index in [9.17, 15) is 0 Å². The van der Waals surface area contributed by atoms with E-state index in [1.165, 1.54) is 61.2 Å². The van der Waals surface area contributed by atoms with Gasteiger partial charge in [0.05, 0.1) is 0 Å². The minimum atomic E-state index is 1.05. The Morgan fingerprint density at radius 2 is 1.03 bits per heavy atom. The van der Waals surface area contributed by atoms with Gasteiger partial charge in [0.25, 0.3) is 0 Å². The molecule has 5 aromatic carbocycles. The van der Waals surface area contributed by atoms with E-state index in [1.807, 2.05) is 0 Å². The Morgan fingerprint density at radius 3 is 1.61 bits per heavy atom. The third-order valence-electron chi connectivity index (χ3n) is 6.93. The van der Waals surface area contributed by atoms with Gasteiger partial charge in [-0.15, -0.1) is 0 Å². The maximum absolute atomic E-state index is 2.39. The SMILES string of the molecule is CCc1ccc(N(c2ccc(CC)cc2)c2cc3c4c(cccc4c2)-c2ccccc2-3)cc1. The Bertz CT molecular complexity index is 1410. The van der Waals surface area contributed by atoms with Gasteiger partial charge in [-0.05, 0) is 93.4 Å². The van der Waals surface area contributed by atoms with Crippen molar-refractivity contribution >= 4 is 27.8 Å². The molecule has 0 aliphatic heterocycles. The fourth-order valence-electron chi connectivity index (χ4n) is 5.14. The smallest absolute Gasteiger partial charge is 0.0474 e. The summed E-state index contributed by atoms with van der Waals surface area (Å²) < 4.78 is 0. The molecule has 0 radical (unpaired) electrons. The molecule has 160 valence electrons. The molecule has 1 aliphatic rings. The first-order chi connectivity index (χ1) is 16.3. The predicted octanol–water partition coefficient (Wildman–Crippen LogP) is 9.08. The molecule has 33 heavy (non-hydrogen) atoms. The van der Waals surface area contributed by atoms with Crippen LogP contribution in [-0.4, -0.2) is 0 Å². The summed E-state index contributed by atoms with van der Waals surface area (Å²) in [4.78, 5) is 2.39. The van der Waals surface area contributed by atoms with Gasteiger partial charge in [-0.3, -0.25) is 0 Å². The van der Waals surface area contributed by atoms with Crippen LogP contribution in [0.25, 0.3) is 33.0 Å². The standard InChI is InChI=1S/C32H27N/c1-3-22-12-16-25(17-13-22)33(26-18-14-23(4-2)15-19-26)27-20-24-8-7-11-30-28-9-5-6-10-29(28)31(21-27)32(24)30/h5-21H,3-4H2,1-2H3. The van der Waals surface area contributed by atoms with Gasteiger partial charge in [0, 0.05) is 17.1 Å². The van der Waals surface area contributed by atoms with Gasteiger partial charge in [0.1, 0.15) is 0 Å². The number of rotatable bonds is 5. The van der Waals surface area contributed by atoms with E-state index >= 15 is 0 Å². The zero-order valence-corrected chi connectivity index (χ0v) is 19.2. The summed E-state index contributed by atoms with van der Waals surface area (Å²) in [6.45, 7) is 4.41. The Morgan fingerprint density at radius 1 is 0.485 bits per heavy atom. The zero-order chi connectivity index (χ0) is 22.4. The molecule has 0 bridgehead atoms. The molecule has 0 N–H and O–H groups in total. The molecule has 0 atom stereocenters. The summed E-state index contributed by atoms with van der Waals surface area (Å²) in [6, 6.07) is 38.2. The molecular weight excluding hydrogens is 398 g/mol. The van der Waals surface area contributed by atoms with Gasteiger partial charge in [0.2, 0.25) is 0 Å². The fraction of sp³-hybridized carbons (Fsp3) is 0.125. The maximum atomic E-state index is 2.39. The van der Waals surface area contributed by atoms with Crippen LogP contribution in [0.4, 0.5) is 17.1 Å². The first-order valence-electron chi connectivity index (χ1n) is 11.9. The minimum absolute atomic E-state index is 1.05. The van der Waals surface area contributed by atoms with E-state index in [4.69, 9.17) is 0 Å². The summed E-state index contributed by atoms with van der Waals surface area (Å²) in [5.74, 6) is 0. The molecule has 1 aliphatic carbocycles. The summed E-state index contributed by atoms with van der Waals surface area (Å²) in [6.07, 6.45) is 2.09. The lowest BCUT2D eigenvalue weighted by Gasteiger charge is -2.27. The Kier molecular flexibility index (Phi) is 4.77. The van der Waals surface area contributed by atoms with Crippen molar-refractivity contribution in [2.24, 2.45) is 0 Å². The molecule has 0 spiro atoms. The molecule has 0 aromatic heterocycles. The normalized spacial score (nSPS) is 11.6. The first-order valence-corrected chi connectivity index (χ1v) is 11.9. The van der Waals surface area contributed by atoms with E-state index < -0.39 is 0 Å². The second-order valence-electron chi connectivity index (χ2n) is 8.82.